The van der Waals surface area contributed by atoms with Crippen molar-refractivity contribution >= 4 is 11.8 Å². The van der Waals surface area contributed by atoms with Crippen LogP contribution >= 0.6 is 0 Å². The smallest absolute Gasteiger partial charge is 0.409 e. The normalized spacial score (nSPS) is 23.2. The number of pyridine rings is 1. The minimum Gasteiger partial charge on any atom is -0.465 e. The van der Waals surface area contributed by atoms with E-state index in [9.17, 15) is 4.79 Å². The van der Waals surface area contributed by atoms with E-state index in [1.54, 1.807) is 12.4 Å². The van der Waals surface area contributed by atoms with Crippen molar-refractivity contribution in [3.05, 3.63) is 59.9 Å². The first-order valence-corrected chi connectivity index (χ1v) is 8.83. The molecule has 2 aromatic rings. The molecule has 3 rings (SSSR count). The molecule has 132 valence electrons. The van der Waals surface area contributed by atoms with Gasteiger partial charge in [0.15, 0.2) is 0 Å². The molecule has 1 aliphatic rings. The monoisotopic (exact) mass is 339 g/mol. The van der Waals surface area contributed by atoms with Crippen molar-refractivity contribution in [3.63, 3.8) is 0 Å². The van der Waals surface area contributed by atoms with Crippen molar-refractivity contribution in [3.8, 4) is 0 Å². The summed E-state index contributed by atoms with van der Waals surface area (Å²) >= 11 is 0. The largest absolute Gasteiger partial charge is 0.465 e. The second-order valence-electron chi connectivity index (χ2n) is 6.97. The first-order chi connectivity index (χ1) is 12.1. The van der Waals surface area contributed by atoms with Gasteiger partial charge in [0.05, 0.1) is 11.9 Å². The molecule has 1 aliphatic carbocycles. The zero-order chi connectivity index (χ0) is 17.6. The Kier molecular flexibility index (Phi) is 5.66. The average molecular weight is 339 g/mol. The molecule has 0 saturated heterocycles. The van der Waals surface area contributed by atoms with Gasteiger partial charge in [-0.05, 0) is 48.3 Å². The summed E-state index contributed by atoms with van der Waals surface area (Å²) in [7, 11) is 0. The van der Waals surface area contributed by atoms with Crippen molar-refractivity contribution in [2.75, 3.05) is 5.32 Å². The van der Waals surface area contributed by atoms with E-state index >= 15 is 0 Å². The molecule has 3 N–H and O–H groups in total. The van der Waals surface area contributed by atoms with Crippen LogP contribution in [0.4, 0.5) is 10.5 Å². The van der Waals surface area contributed by atoms with E-state index in [1.165, 1.54) is 5.56 Å². The molecule has 3 atom stereocenters. The third-order valence-electron chi connectivity index (χ3n) is 4.92. The number of nitrogens with zero attached hydrogens (tertiary/aromatic N) is 1. The minimum absolute atomic E-state index is 0.335. The van der Waals surface area contributed by atoms with Gasteiger partial charge in [0.1, 0.15) is 0 Å². The lowest BCUT2D eigenvalue weighted by Gasteiger charge is -2.35. The Hall–Kier alpha value is -2.40. The molecule has 1 aromatic carbocycles. The van der Waals surface area contributed by atoms with E-state index in [4.69, 9.17) is 5.11 Å². The predicted molar refractivity (Wildman–Crippen MR) is 98.7 cm³/mol. The van der Waals surface area contributed by atoms with Gasteiger partial charge < -0.3 is 10.4 Å². The molecule has 5 heteroatoms. The molecule has 1 heterocycles. The van der Waals surface area contributed by atoms with Crippen molar-refractivity contribution in [1.82, 2.24) is 10.3 Å². The molecule has 1 fully saturated rings. The Morgan fingerprint density at radius 1 is 1.20 bits per heavy atom. The van der Waals surface area contributed by atoms with Crippen LogP contribution in [-0.2, 0) is 6.54 Å². The van der Waals surface area contributed by atoms with E-state index in [2.05, 4.69) is 46.8 Å². The number of hydrogen-bond acceptors (Lipinski definition) is 3. The fraction of sp³-hybridized carbons (Fsp3) is 0.400. The second kappa shape index (κ2) is 8.12. The van der Waals surface area contributed by atoms with E-state index in [0.29, 0.717) is 23.6 Å². The van der Waals surface area contributed by atoms with Crippen LogP contribution in [0.1, 0.15) is 43.2 Å². The highest BCUT2D eigenvalue weighted by atomic mass is 16.4. The van der Waals surface area contributed by atoms with E-state index < -0.39 is 6.09 Å². The Morgan fingerprint density at radius 3 is 2.76 bits per heavy atom. The molecule has 1 saturated carbocycles. The third kappa shape index (κ3) is 4.79. The Morgan fingerprint density at radius 2 is 2.00 bits per heavy atom. The summed E-state index contributed by atoms with van der Waals surface area (Å²) in [6.45, 7) is 3.14. The van der Waals surface area contributed by atoms with Crippen LogP contribution in [0.3, 0.4) is 0 Å². The summed E-state index contributed by atoms with van der Waals surface area (Å²) in [5.41, 5.74) is 2.95. The number of amides is 1. The maximum atomic E-state index is 11.0. The third-order valence-corrected chi connectivity index (χ3v) is 4.92. The fourth-order valence-electron chi connectivity index (χ4n) is 3.86. The highest BCUT2D eigenvalue weighted by Gasteiger charge is 2.29. The van der Waals surface area contributed by atoms with Crippen molar-refractivity contribution in [1.29, 1.82) is 0 Å². The van der Waals surface area contributed by atoms with E-state index in [0.717, 1.165) is 31.4 Å². The van der Waals surface area contributed by atoms with Gasteiger partial charge in [-0.15, -0.1) is 0 Å². The van der Waals surface area contributed by atoms with Crippen LogP contribution in [0.2, 0.25) is 0 Å². The molecular weight excluding hydrogens is 314 g/mol. The average Bonchev–Trinajstić information content (AvgIpc) is 2.60. The van der Waals surface area contributed by atoms with Crippen molar-refractivity contribution in [2.45, 2.75) is 44.7 Å². The van der Waals surface area contributed by atoms with Gasteiger partial charge in [0.2, 0.25) is 0 Å². The van der Waals surface area contributed by atoms with Crippen molar-refractivity contribution in [2.24, 2.45) is 5.92 Å². The van der Waals surface area contributed by atoms with Crippen molar-refractivity contribution < 1.29 is 9.90 Å². The molecular formula is C20H25N3O2. The van der Waals surface area contributed by atoms with Gasteiger partial charge in [-0.3, -0.25) is 10.3 Å². The molecule has 3 unspecified atom stereocenters. The number of rotatable bonds is 5. The highest BCUT2D eigenvalue weighted by Crippen LogP contribution is 2.39. The van der Waals surface area contributed by atoms with Crippen LogP contribution in [0.25, 0.3) is 0 Å². The quantitative estimate of drug-likeness (QED) is 0.762. The van der Waals surface area contributed by atoms with Crippen LogP contribution in [0.15, 0.2) is 48.8 Å². The van der Waals surface area contributed by atoms with E-state index in [1.807, 2.05) is 12.1 Å². The van der Waals surface area contributed by atoms with Gasteiger partial charge in [-0.25, -0.2) is 4.79 Å². The molecule has 0 radical (unpaired) electrons. The van der Waals surface area contributed by atoms with Crippen LogP contribution < -0.4 is 10.6 Å². The molecule has 1 amide bonds. The van der Waals surface area contributed by atoms with Gasteiger partial charge >= 0.3 is 6.09 Å². The number of carbonyl (C=O) groups is 1. The minimum atomic E-state index is -1.04. The molecule has 1 aromatic heterocycles. The predicted octanol–water partition coefficient (Wildman–Crippen LogP) is 4.23. The van der Waals surface area contributed by atoms with Gasteiger partial charge in [-0.1, -0.05) is 37.3 Å². The molecule has 0 bridgehead atoms. The number of benzene rings is 1. The maximum absolute atomic E-state index is 11.0. The SMILES string of the molecule is CC1CC(NCc2ccccc2)CC(c2ccncc2NC(=O)O)C1. The second-order valence-corrected chi connectivity index (χ2v) is 6.97. The maximum Gasteiger partial charge on any atom is 0.409 e. The first-order valence-electron chi connectivity index (χ1n) is 8.83. The lowest BCUT2D eigenvalue weighted by Crippen LogP contribution is -2.36. The lowest BCUT2D eigenvalue weighted by molar-refractivity contribution is 0.209. The standard InChI is InChI=1S/C20H25N3O2/c1-14-9-16(18-7-8-21-13-19(18)23-20(24)25)11-17(10-14)22-12-15-5-3-2-4-6-15/h2-8,13-14,16-17,22-23H,9-12H2,1H3,(H,24,25). The number of carboxylic acid groups (broad SMARTS) is 1. The zero-order valence-corrected chi connectivity index (χ0v) is 14.5. The van der Waals surface area contributed by atoms with Crippen LogP contribution in [0, 0.1) is 5.92 Å². The van der Waals surface area contributed by atoms with Crippen LogP contribution in [0.5, 0.6) is 0 Å². The van der Waals surface area contributed by atoms with Gasteiger partial charge in [-0.2, -0.15) is 0 Å². The summed E-state index contributed by atoms with van der Waals surface area (Å²) in [4.78, 5) is 15.1. The molecule has 5 nitrogen and oxygen atoms in total. The highest BCUT2D eigenvalue weighted by molar-refractivity contribution is 5.83. The number of anilines is 1. The lowest BCUT2D eigenvalue weighted by atomic mass is 9.76. The van der Waals surface area contributed by atoms with Gasteiger partial charge in [0.25, 0.3) is 0 Å². The topological polar surface area (TPSA) is 74.2 Å². The van der Waals surface area contributed by atoms with Crippen LogP contribution in [-0.4, -0.2) is 22.2 Å². The Balaban J connectivity index is 1.69. The summed E-state index contributed by atoms with van der Waals surface area (Å²) in [5, 5.41) is 15.2. The fourth-order valence-corrected chi connectivity index (χ4v) is 3.86. The molecule has 0 spiro atoms. The van der Waals surface area contributed by atoms with Gasteiger partial charge in [0, 0.05) is 18.8 Å². The summed E-state index contributed by atoms with van der Waals surface area (Å²) in [6.07, 6.45) is 5.54. The Bertz CT molecular complexity index is 705. The zero-order valence-electron chi connectivity index (χ0n) is 14.5. The number of hydrogen-bond donors (Lipinski definition) is 3. The summed E-state index contributed by atoms with van der Waals surface area (Å²) in [5.74, 6) is 0.930. The molecule has 0 aliphatic heterocycles. The Labute approximate surface area is 148 Å². The summed E-state index contributed by atoms with van der Waals surface area (Å²) < 4.78 is 0. The summed E-state index contributed by atoms with van der Waals surface area (Å²) in [6, 6.07) is 12.8. The number of nitrogens with one attached hydrogen (secondary N) is 2. The first kappa shape index (κ1) is 17.4. The number of aromatic nitrogens is 1. The molecule has 25 heavy (non-hydrogen) atoms. The van der Waals surface area contributed by atoms with E-state index in [-0.39, 0.29) is 0 Å².